The van der Waals surface area contributed by atoms with Crippen LogP contribution in [0.3, 0.4) is 0 Å². The third-order valence-electron chi connectivity index (χ3n) is 4.11. The Bertz CT molecular complexity index is 622. The van der Waals surface area contributed by atoms with Gasteiger partial charge in [-0.05, 0) is 31.9 Å². The first-order valence-corrected chi connectivity index (χ1v) is 7.12. The van der Waals surface area contributed by atoms with Crippen molar-refractivity contribution in [3.8, 4) is 0 Å². The number of nitrogens with zero attached hydrogens (tertiary/aromatic N) is 1. The minimum absolute atomic E-state index is 0.0679. The summed E-state index contributed by atoms with van der Waals surface area (Å²) in [5.41, 5.74) is -0.549. The standard InChI is InChI=1S/C15H20N2O4/c1-3-6-15(14(20)21)7-8-17(9-15)13(19)11-5-4-10(2)16-12(11)18/h4-5H,3,6-9H2,1-2H3,(H,16,18)(H,20,21). The predicted molar refractivity (Wildman–Crippen MR) is 77.3 cm³/mol. The lowest BCUT2D eigenvalue weighted by Gasteiger charge is -2.24. The normalized spacial score (nSPS) is 21.5. The number of nitrogens with one attached hydrogen (secondary N) is 1. The number of aryl methyl sites for hydroxylation is 1. The summed E-state index contributed by atoms with van der Waals surface area (Å²) >= 11 is 0. The van der Waals surface area contributed by atoms with Crippen molar-refractivity contribution >= 4 is 11.9 Å². The molecule has 1 aromatic rings. The van der Waals surface area contributed by atoms with Crippen molar-refractivity contribution in [1.82, 2.24) is 9.88 Å². The quantitative estimate of drug-likeness (QED) is 0.877. The average molecular weight is 292 g/mol. The van der Waals surface area contributed by atoms with Crippen molar-refractivity contribution in [2.24, 2.45) is 5.41 Å². The number of carbonyl (C=O) groups is 2. The molecule has 0 radical (unpaired) electrons. The monoisotopic (exact) mass is 292 g/mol. The van der Waals surface area contributed by atoms with E-state index in [1.54, 1.807) is 13.0 Å². The molecule has 1 unspecified atom stereocenters. The first-order valence-electron chi connectivity index (χ1n) is 7.12. The van der Waals surface area contributed by atoms with E-state index in [2.05, 4.69) is 4.98 Å². The van der Waals surface area contributed by atoms with Gasteiger partial charge in [-0.1, -0.05) is 13.3 Å². The van der Waals surface area contributed by atoms with Gasteiger partial charge in [0.1, 0.15) is 5.56 Å². The highest BCUT2D eigenvalue weighted by Crippen LogP contribution is 2.35. The van der Waals surface area contributed by atoms with Crippen LogP contribution in [-0.4, -0.2) is 40.0 Å². The largest absolute Gasteiger partial charge is 0.481 e. The number of rotatable bonds is 4. The van der Waals surface area contributed by atoms with Crippen molar-refractivity contribution in [3.05, 3.63) is 33.7 Å². The van der Waals surface area contributed by atoms with Gasteiger partial charge in [-0.2, -0.15) is 0 Å². The van der Waals surface area contributed by atoms with E-state index in [-0.39, 0.29) is 12.1 Å². The number of likely N-dealkylation sites (tertiary alicyclic amines) is 1. The van der Waals surface area contributed by atoms with Crippen LogP contribution in [0.1, 0.15) is 42.2 Å². The Balaban J connectivity index is 2.22. The van der Waals surface area contributed by atoms with Crippen molar-refractivity contribution in [1.29, 1.82) is 0 Å². The summed E-state index contributed by atoms with van der Waals surface area (Å²) in [7, 11) is 0. The number of hydrogen-bond acceptors (Lipinski definition) is 3. The van der Waals surface area contributed by atoms with Crippen molar-refractivity contribution < 1.29 is 14.7 Å². The van der Waals surface area contributed by atoms with Gasteiger partial charge in [0.2, 0.25) is 0 Å². The Morgan fingerprint density at radius 1 is 1.43 bits per heavy atom. The second kappa shape index (κ2) is 5.71. The number of pyridine rings is 1. The van der Waals surface area contributed by atoms with E-state index in [4.69, 9.17) is 0 Å². The maximum absolute atomic E-state index is 12.4. The lowest BCUT2D eigenvalue weighted by atomic mass is 9.83. The van der Waals surface area contributed by atoms with Gasteiger partial charge in [0.15, 0.2) is 0 Å². The summed E-state index contributed by atoms with van der Waals surface area (Å²) in [6, 6.07) is 3.16. The second-order valence-electron chi connectivity index (χ2n) is 5.70. The Labute approximate surface area is 122 Å². The maximum Gasteiger partial charge on any atom is 0.311 e. The summed E-state index contributed by atoms with van der Waals surface area (Å²) in [6.45, 7) is 4.21. The maximum atomic E-state index is 12.4. The zero-order chi connectivity index (χ0) is 15.6. The van der Waals surface area contributed by atoms with E-state index in [1.807, 2.05) is 6.92 Å². The van der Waals surface area contributed by atoms with Gasteiger partial charge in [0.05, 0.1) is 5.41 Å². The van der Waals surface area contributed by atoms with Gasteiger partial charge in [-0.25, -0.2) is 0 Å². The molecule has 0 aromatic carbocycles. The SMILES string of the molecule is CCCC1(C(=O)O)CCN(C(=O)c2ccc(C)[nH]c2=O)C1. The predicted octanol–water partition coefficient (Wildman–Crippen LogP) is 1.40. The molecule has 6 heteroatoms. The van der Waals surface area contributed by atoms with Crippen LogP contribution in [0.15, 0.2) is 16.9 Å². The molecule has 0 saturated carbocycles. The summed E-state index contributed by atoms with van der Waals surface area (Å²) in [6.07, 6.45) is 1.72. The topological polar surface area (TPSA) is 90.5 Å². The van der Waals surface area contributed by atoms with E-state index in [0.717, 1.165) is 6.42 Å². The highest BCUT2D eigenvalue weighted by molar-refractivity contribution is 5.94. The Morgan fingerprint density at radius 2 is 2.14 bits per heavy atom. The highest BCUT2D eigenvalue weighted by atomic mass is 16.4. The fourth-order valence-corrected chi connectivity index (χ4v) is 2.92. The molecule has 2 heterocycles. The van der Waals surface area contributed by atoms with Crippen LogP contribution in [-0.2, 0) is 4.79 Å². The fourth-order valence-electron chi connectivity index (χ4n) is 2.92. The molecule has 1 aliphatic heterocycles. The smallest absolute Gasteiger partial charge is 0.311 e. The number of H-pyrrole nitrogens is 1. The molecule has 114 valence electrons. The van der Waals surface area contributed by atoms with Crippen LogP contribution < -0.4 is 5.56 Å². The molecule has 1 fully saturated rings. The Kier molecular flexibility index (Phi) is 4.16. The summed E-state index contributed by atoms with van der Waals surface area (Å²) < 4.78 is 0. The minimum atomic E-state index is -0.873. The van der Waals surface area contributed by atoms with E-state index >= 15 is 0 Å². The van der Waals surface area contributed by atoms with Crippen molar-refractivity contribution in [3.63, 3.8) is 0 Å². The zero-order valence-electron chi connectivity index (χ0n) is 12.3. The van der Waals surface area contributed by atoms with Gasteiger partial charge in [0.25, 0.3) is 11.5 Å². The number of amides is 1. The molecule has 2 rings (SSSR count). The van der Waals surface area contributed by atoms with E-state index in [9.17, 15) is 19.5 Å². The van der Waals surface area contributed by atoms with Crippen LogP contribution in [0.2, 0.25) is 0 Å². The first kappa shape index (κ1) is 15.3. The van der Waals surface area contributed by atoms with Gasteiger partial charge in [0, 0.05) is 18.8 Å². The van der Waals surface area contributed by atoms with E-state index < -0.39 is 22.9 Å². The zero-order valence-corrected chi connectivity index (χ0v) is 12.3. The Hall–Kier alpha value is -2.11. The van der Waals surface area contributed by atoms with E-state index in [0.29, 0.717) is 25.1 Å². The molecule has 6 nitrogen and oxygen atoms in total. The van der Waals surface area contributed by atoms with Gasteiger partial charge >= 0.3 is 5.97 Å². The average Bonchev–Trinajstić information content (AvgIpc) is 2.84. The molecular formula is C15H20N2O4. The second-order valence-corrected chi connectivity index (χ2v) is 5.70. The van der Waals surface area contributed by atoms with Crippen LogP contribution in [0, 0.1) is 12.3 Å². The molecule has 1 aliphatic rings. The molecule has 2 N–H and O–H groups in total. The van der Waals surface area contributed by atoms with Crippen molar-refractivity contribution in [2.75, 3.05) is 13.1 Å². The lowest BCUT2D eigenvalue weighted by molar-refractivity contribution is -0.148. The van der Waals surface area contributed by atoms with Crippen LogP contribution in [0.25, 0.3) is 0 Å². The number of carboxylic acids is 1. The van der Waals surface area contributed by atoms with Crippen LogP contribution in [0.4, 0.5) is 0 Å². The van der Waals surface area contributed by atoms with E-state index in [1.165, 1.54) is 11.0 Å². The molecule has 1 saturated heterocycles. The number of aromatic nitrogens is 1. The van der Waals surface area contributed by atoms with Crippen LogP contribution >= 0.6 is 0 Å². The Morgan fingerprint density at radius 3 is 2.71 bits per heavy atom. The molecule has 1 aromatic heterocycles. The molecule has 1 atom stereocenters. The highest BCUT2D eigenvalue weighted by Gasteiger charge is 2.45. The number of aliphatic carboxylic acids is 1. The van der Waals surface area contributed by atoms with Gasteiger partial charge in [-0.15, -0.1) is 0 Å². The van der Waals surface area contributed by atoms with Gasteiger partial charge in [-0.3, -0.25) is 14.4 Å². The summed E-state index contributed by atoms with van der Waals surface area (Å²) in [4.78, 5) is 39.8. The minimum Gasteiger partial charge on any atom is -0.481 e. The molecular weight excluding hydrogens is 272 g/mol. The molecule has 21 heavy (non-hydrogen) atoms. The molecule has 0 bridgehead atoms. The third kappa shape index (κ3) is 2.84. The van der Waals surface area contributed by atoms with Gasteiger partial charge < -0.3 is 15.0 Å². The third-order valence-corrected chi connectivity index (χ3v) is 4.11. The molecule has 0 aliphatic carbocycles. The van der Waals surface area contributed by atoms with Crippen LogP contribution in [0.5, 0.6) is 0 Å². The molecule has 0 spiro atoms. The number of carbonyl (C=O) groups excluding carboxylic acids is 1. The fraction of sp³-hybridized carbons (Fsp3) is 0.533. The lowest BCUT2D eigenvalue weighted by Crippen LogP contribution is -2.38. The summed E-state index contributed by atoms with van der Waals surface area (Å²) in [5.74, 6) is -1.26. The number of carboxylic acid groups (broad SMARTS) is 1. The molecule has 1 amide bonds. The first-order chi connectivity index (χ1) is 9.89. The number of aromatic amines is 1. The van der Waals surface area contributed by atoms with Crippen molar-refractivity contribution in [2.45, 2.75) is 33.1 Å². The number of hydrogen-bond donors (Lipinski definition) is 2. The summed E-state index contributed by atoms with van der Waals surface area (Å²) in [5, 5.41) is 9.45.